The summed E-state index contributed by atoms with van der Waals surface area (Å²) in [6, 6.07) is 19.7. The molecule has 2 aromatic rings. The molecule has 0 aromatic heterocycles. The van der Waals surface area contributed by atoms with Crippen LogP contribution in [0.4, 0.5) is 0 Å². The predicted octanol–water partition coefficient (Wildman–Crippen LogP) is 4.34. The van der Waals surface area contributed by atoms with E-state index in [1.807, 2.05) is 0 Å². The van der Waals surface area contributed by atoms with E-state index in [9.17, 15) is 0 Å². The second-order valence-electron chi connectivity index (χ2n) is 6.16. The minimum Gasteiger partial charge on any atom is -0.309 e. The molecule has 0 radical (unpaired) electrons. The summed E-state index contributed by atoms with van der Waals surface area (Å²) in [5.41, 5.74) is 4.28. The van der Waals surface area contributed by atoms with E-state index in [0.29, 0.717) is 0 Å². The molecule has 0 saturated heterocycles. The van der Waals surface area contributed by atoms with Gasteiger partial charge in [-0.3, -0.25) is 0 Å². The van der Waals surface area contributed by atoms with Crippen molar-refractivity contribution in [2.75, 3.05) is 20.6 Å². The van der Waals surface area contributed by atoms with Gasteiger partial charge in [-0.15, -0.1) is 0 Å². The van der Waals surface area contributed by atoms with Gasteiger partial charge in [0, 0.05) is 5.41 Å². The SMILES string of the molecule is CN(C)CCC[C@@]1(c2ccccc2)C=Cc2ccccc21. The summed E-state index contributed by atoms with van der Waals surface area (Å²) in [5.74, 6) is 0. The van der Waals surface area contributed by atoms with Crippen molar-refractivity contribution < 1.29 is 0 Å². The summed E-state index contributed by atoms with van der Waals surface area (Å²) >= 11 is 0. The maximum Gasteiger partial charge on any atom is 0.0391 e. The highest BCUT2D eigenvalue weighted by Gasteiger charge is 2.35. The quantitative estimate of drug-likeness (QED) is 0.785. The van der Waals surface area contributed by atoms with E-state index in [2.05, 4.69) is 85.7 Å². The largest absolute Gasteiger partial charge is 0.309 e. The Hall–Kier alpha value is -1.86. The first kappa shape index (κ1) is 14.1. The highest BCUT2D eigenvalue weighted by atomic mass is 15.0. The van der Waals surface area contributed by atoms with Gasteiger partial charge >= 0.3 is 0 Å². The van der Waals surface area contributed by atoms with Crippen LogP contribution in [0.5, 0.6) is 0 Å². The van der Waals surface area contributed by atoms with Gasteiger partial charge in [0.1, 0.15) is 0 Å². The maximum atomic E-state index is 2.41. The molecule has 0 unspecified atom stereocenters. The molecule has 0 fully saturated rings. The molecule has 0 heterocycles. The molecule has 3 rings (SSSR count). The Bertz CT molecular complexity index is 627. The number of hydrogen-bond donors (Lipinski definition) is 0. The summed E-state index contributed by atoms with van der Waals surface area (Å²) in [6.07, 6.45) is 7.05. The monoisotopic (exact) mass is 277 g/mol. The molecular formula is C20H23N. The fourth-order valence-corrected chi connectivity index (χ4v) is 3.39. The second kappa shape index (κ2) is 5.87. The molecule has 0 amide bonds. The maximum absolute atomic E-state index is 2.41. The second-order valence-corrected chi connectivity index (χ2v) is 6.16. The van der Waals surface area contributed by atoms with Gasteiger partial charge < -0.3 is 4.90 Å². The molecular weight excluding hydrogens is 254 g/mol. The average Bonchev–Trinajstić information content (AvgIpc) is 2.88. The molecule has 21 heavy (non-hydrogen) atoms. The van der Waals surface area contributed by atoms with Gasteiger partial charge in [0.15, 0.2) is 0 Å². The highest BCUT2D eigenvalue weighted by Crippen LogP contribution is 2.44. The van der Waals surface area contributed by atoms with E-state index < -0.39 is 0 Å². The lowest BCUT2D eigenvalue weighted by Gasteiger charge is -2.30. The van der Waals surface area contributed by atoms with Crippen LogP contribution in [0.3, 0.4) is 0 Å². The molecule has 0 spiro atoms. The third-order valence-corrected chi connectivity index (χ3v) is 4.45. The summed E-state index contributed by atoms with van der Waals surface area (Å²) < 4.78 is 0. The molecule has 1 heteroatoms. The molecule has 2 aromatic carbocycles. The van der Waals surface area contributed by atoms with Gasteiger partial charge in [-0.05, 0) is 50.2 Å². The first-order valence-corrected chi connectivity index (χ1v) is 7.71. The first-order valence-electron chi connectivity index (χ1n) is 7.71. The van der Waals surface area contributed by atoms with Gasteiger partial charge in [0.2, 0.25) is 0 Å². The lowest BCUT2D eigenvalue weighted by atomic mass is 9.73. The van der Waals surface area contributed by atoms with Crippen LogP contribution in [0.1, 0.15) is 29.5 Å². The summed E-state index contributed by atoms with van der Waals surface area (Å²) in [5, 5.41) is 0. The van der Waals surface area contributed by atoms with Crippen molar-refractivity contribution in [2.45, 2.75) is 18.3 Å². The summed E-state index contributed by atoms with van der Waals surface area (Å²) in [7, 11) is 4.29. The zero-order valence-corrected chi connectivity index (χ0v) is 12.9. The number of nitrogens with zero attached hydrogens (tertiary/aromatic N) is 1. The zero-order valence-electron chi connectivity index (χ0n) is 12.9. The van der Waals surface area contributed by atoms with Crippen LogP contribution < -0.4 is 0 Å². The molecule has 0 bridgehead atoms. The van der Waals surface area contributed by atoms with Gasteiger partial charge in [-0.2, -0.15) is 0 Å². The number of rotatable bonds is 5. The molecule has 108 valence electrons. The highest BCUT2D eigenvalue weighted by molar-refractivity contribution is 5.68. The molecule has 0 aliphatic heterocycles. The van der Waals surface area contributed by atoms with Gasteiger partial charge in [0.05, 0.1) is 0 Å². The smallest absolute Gasteiger partial charge is 0.0391 e. The molecule has 1 nitrogen and oxygen atoms in total. The molecule has 0 N–H and O–H groups in total. The lowest BCUT2D eigenvalue weighted by molar-refractivity contribution is 0.379. The Morgan fingerprint density at radius 2 is 1.62 bits per heavy atom. The Labute approximate surface area is 127 Å². The first-order chi connectivity index (χ1) is 10.2. The molecule has 0 saturated carbocycles. The van der Waals surface area contributed by atoms with Crippen molar-refractivity contribution in [3.8, 4) is 0 Å². The Balaban J connectivity index is 1.99. The van der Waals surface area contributed by atoms with Crippen molar-refractivity contribution in [2.24, 2.45) is 0 Å². The van der Waals surface area contributed by atoms with Gasteiger partial charge in [-0.1, -0.05) is 66.7 Å². The number of benzene rings is 2. The van der Waals surface area contributed by atoms with E-state index in [1.54, 1.807) is 0 Å². The molecule has 1 aliphatic rings. The van der Waals surface area contributed by atoms with Crippen molar-refractivity contribution in [1.29, 1.82) is 0 Å². The van der Waals surface area contributed by atoms with Crippen LogP contribution in [0, 0.1) is 0 Å². The third-order valence-electron chi connectivity index (χ3n) is 4.45. The standard InChI is InChI=1S/C20H23N/c1-21(2)16-8-14-20(18-10-4-3-5-11-18)15-13-17-9-6-7-12-19(17)20/h3-7,9-13,15H,8,14,16H2,1-2H3/t20-/m0/s1. The average molecular weight is 277 g/mol. The Kier molecular flexibility index (Phi) is 3.94. The van der Waals surface area contributed by atoms with Crippen molar-refractivity contribution in [1.82, 2.24) is 4.90 Å². The van der Waals surface area contributed by atoms with Crippen molar-refractivity contribution in [3.05, 3.63) is 77.4 Å². The molecule has 1 aliphatic carbocycles. The van der Waals surface area contributed by atoms with Gasteiger partial charge in [0.25, 0.3) is 0 Å². The zero-order chi connectivity index (χ0) is 14.7. The summed E-state index contributed by atoms with van der Waals surface area (Å²) in [4.78, 5) is 2.27. The van der Waals surface area contributed by atoms with E-state index >= 15 is 0 Å². The van der Waals surface area contributed by atoms with Crippen LogP contribution in [-0.2, 0) is 5.41 Å². The fraction of sp³-hybridized carbons (Fsp3) is 0.300. The Morgan fingerprint density at radius 1 is 0.905 bits per heavy atom. The van der Waals surface area contributed by atoms with Crippen LogP contribution in [-0.4, -0.2) is 25.5 Å². The van der Waals surface area contributed by atoms with Crippen molar-refractivity contribution >= 4 is 6.08 Å². The Morgan fingerprint density at radius 3 is 2.38 bits per heavy atom. The van der Waals surface area contributed by atoms with E-state index in [1.165, 1.54) is 23.1 Å². The van der Waals surface area contributed by atoms with Crippen molar-refractivity contribution in [3.63, 3.8) is 0 Å². The molecule has 1 atom stereocenters. The van der Waals surface area contributed by atoms with E-state index in [4.69, 9.17) is 0 Å². The fourth-order valence-electron chi connectivity index (χ4n) is 3.39. The van der Waals surface area contributed by atoms with Crippen LogP contribution in [0.25, 0.3) is 6.08 Å². The predicted molar refractivity (Wildman–Crippen MR) is 90.5 cm³/mol. The van der Waals surface area contributed by atoms with E-state index in [-0.39, 0.29) is 5.41 Å². The van der Waals surface area contributed by atoms with Crippen LogP contribution in [0.15, 0.2) is 60.7 Å². The van der Waals surface area contributed by atoms with E-state index in [0.717, 1.165) is 13.0 Å². The van der Waals surface area contributed by atoms with Gasteiger partial charge in [-0.25, -0.2) is 0 Å². The minimum absolute atomic E-state index is 0.0495. The van der Waals surface area contributed by atoms with Crippen LogP contribution >= 0.6 is 0 Å². The minimum atomic E-state index is 0.0495. The summed E-state index contributed by atoms with van der Waals surface area (Å²) in [6.45, 7) is 1.13. The number of allylic oxidation sites excluding steroid dienone is 1. The lowest BCUT2D eigenvalue weighted by Crippen LogP contribution is -2.25. The third kappa shape index (κ3) is 2.66. The van der Waals surface area contributed by atoms with Crippen LogP contribution in [0.2, 0.25) is 0 Å². The number of hydrogen-bond acceptors (Lipinski definition) is 1. The number of fused-ring (bicyclic) bond motifs is 1. The normalized spacial score (nSPS) is 20.0. The topological polar surface area (TPSA) is 3.24 Å².